The number of nitrogens with zero attached hydrogens (tertiary/aromatic N) is 1. The van der Waals surface area contributed by atoms with Crippen LogP contribution in [0.15, 0.2) is 42.5 Å². The fourth-order valence-corrected chi connectivity index (χ4v) is 3.00. The van der Waals surface area contributed by atoms with Crippen LogP contribution in [0.4, 0.5) is 5.69 Å². The lowest BCUT2D eigenvalue weighted by molar-refractivity contribution is -0.127. The predicted octanol–water partition coefficient (Wildman–Crippen LogP) is 2.97. The number of ketones is 1. The lowest BCUT2D eigenvalue weighted by Gasteiger charge is -2.33. The lowest BCUT2D eigenvalue weighted by Crippen LogP contribution is -2.51. The van der Waals surface area contributed by atoms with E-state index in [1.807, 2.05) is 12.1 Å². The van der Waals surface area contributed by atoms with Crippen LogP contribution in [0.2, 0.25) is 5.02 Å². The van der Waals surface area contributed by atoms with E-state index in [0.29, 0.717) is 28.6 Å². The largest absolute Gasteiger partial charge is 0.482 e. The quantitative estimate of drug-likeness (QED) is 0.801. The van der Waals surface area contributed by atoms with Crippen LogP contribution >= 0.6 is 11.6 Å². The van der Waals surface area contributed by atoms with Gasteiger partial charge in [-0.2, -0.15) is 0 Å². The van der Waals surface area contributed by atoms with E-state index in [0.717, 1.165) is 5.56 Å². The first-order valence-electron chi connectivity index (χ1n) is 8.49. The Labute approximate surface area is 162 Å². The van der Waals surface area contributed by atoms with E-state index in [1.54, 1.807) is 37.3 Å². The molecule has 0 bridgehead atoms. The van der Waals surface area contributed by atoms with Crippen LogP contribution in [0.1, 0.15) is 29.8 Å². The van der Waals surface area contributed by atoms with Crippen LogP contribution in [0.5, 0.6) is 5.75 Å². The number of fused-ring (bicyclic) bond motifs is 1. The molecule has 0 saturated heterocycles. The summed E-state index contributed by atoms with van der Waals surface area (Å²) in [5.41, 5.74) is 1.77. The topological polar surface area (TPSA) is 75.7 Å². The Morgan fingerprint density at radius 2 is 1.93 bits per heavy atom. The predicted molar refractivity (Wildman–Crippen MR) is 102 cm³/mol. The average molecular weight is 387 g/mol. The highest BCUT2D eigenvalue weighted by molar-refractivity contribution is 6.30. The molecule has 27 heavy (non-hydrogen) atoms. The van der Waals surface area contributed by atoms with Gasteiger partial charge in [-0.1, -0.05) is 23.7 Å². The van der Waals surface area contributed by atoms with Gasteiger partial charge in [0, 0.05) is 17.1 Å². The van der Waals surface area contributed by atoms with Gasteiger partial charge in [-0.05, 0) is 49.7 Å². The van der Waals surface area contributed by atoms with E-state index in [2.05, 4.69) is 5.32 Å². The second-order valence-electron chi connectivity index (χ2n) is 6.31. The smallest absolute Gasteiger partial charge is 0.265 e. The maximum Gasteiger partial charge on any atom is 0.265 e. The van der Waals surface area contributed by atoms with Crippen molar-refractivity contribution in [1.82, 2.24) is 5.32 Å². The van der Waals surface area contributed by atoms with Crippen LogP contribution in [-0.2, 0) is 16.1 Å². The summed E-state index contributed by atoms with van der Waals surface area (Å²) in [5, 5.41) is 3.44. The van der Waals surface area contributed by atoms with Gasteiger partial charge < -0.3 is 10.1 Å². The molecule has 2 amide bonds. The van der Waals surface area contributed by atoms with Gasteiger partial charge in [0.25, 0.3) is 5.91 Å². The number of carbonyl (C=O) groups is 3. The van der Waals surface area contributed by atoms with E-state index in [-0.39, 0.29) is 24.2 Å². The monoisotopic (exact) mass is 386 g/mol. The van der Waals surface area contributed by atoms with E-state index >= 15 is 0 Å². The van der Waals surface area contributed by atoms with Crippen molar-refractivity contribution >= 4 is 34.9 Å². The molecule has 0 saturated carbocycles. The molecule has 7 heteroatoms. The lowest BCUT2D eigenvalue weighted by atomic mass is 10.1. The summed E-state index contributed by atoms with van der Waals surface area (Å²) in [7, 11) is 0. The average Bonchev–Trinajstić information content (AvgIpc) is 2.66. The zero-order valence-electron chi connectivity index (χ0n) is 15.0. The van der Waals surface area contributed by atoms with Gasteiger partial charge in [0.15, 0.2) is 12.4 Å². The van der Waals surface area contributed by atoms with Crippen molar-refractivity contribution in [2.24, 2.45) is 0 Å². The minimum atomic E-state index is -0.755. The van der Waals surface area contributed by atoms with Gasteiger partial charge in [0.05, 0.1) is 5.69 Å². The van der Waals surface area contributed by atoms with Gasteiger partial charge in [0.2, 0.25) is 5.91 Å². The second-order valence-corrected chi connectivity index (χ2v) is 6.75. The summed E-state index contributed by atoms with van der Waals surface area (Å²) in [6.45, 7) is 3.25. The van der Waals surface area contributed by atoms with Crippen LogP contribution < -0.4 is 15.0 Å². The van der Waals surface area contributed by atoms with Gasteiger partial charge in [-0.3, -0.25) is 19.3 Å². The Morgan fingerprint density at radius 3 is 2.59 bits per heavy atom. The fourth-order valence-electron chi connectivity index (χ4n) is 2.87. The third-order valence-corrected chi connectivity index (χ3v) is 4.64. The molecular weight excluding hydrogens is 368 g/mol. The van der Waals surface area contributed by atoms with Crippen LogP contribution in [0.25, 0.3) is 0 Å². The minimum Gasteiger partial charge on any atom is -0.482 e. The summed E-state index contributed by atoms with van der Waals surface area (Å²) >= 11 is 5.86. The Hall–Kier alpha value is -2.86. The number of benzene rings is 2. The number of hydrogen-bond acceptors (Lipinski definition) is 4. The molecular formula is C20H19ClN2O4. The van der Waals surface area contributed by atoms with Gasteiger partial charge in [0.1, 0.15) is 11.8 Å². The van der Waals surface area contributed by atoms with Crippen molar-refractivity contribution in [3.63, 3.8) is 0 Å². The van der Waals surface area contributed by atoms with Gasteiger partial charge >= 0.3 is 0 Å². The maximum absolute atomic E-state index is 12.6. The Balaban J connectivity index is 1.79. The van der Waals surface area contributed by atoms with Gasteiger partial charge in [-0.15, -0.1) is 0 Å². The first kappa shape index (κ1) is 18.9. The van der Waals surface area contributed by atoms with Crippen molar-refractivity contribution in [2.75, 3.05) is 11.5 Å². The number of hydrogen-bond donors (Lipinski definition) is 1. The molecule has 1 aliphatic heterocycles. The maximum atomic E-state index is 12.6. The molecule has 0 radical (unpaired) electrons. The van der Waals surface area contributed by atoms with Crippen molar-refractivity contribution in [3.8, 4) is 5.75 Å². The van der Waals surface area contributed by atoms with E-state index in [4.69, 9.17) is 16.3 Å². The summed E-state index contributed by atoms with van der Waals surface area (Å²) in [6, 6.07) is 11.2. The van der Waals surface area contributed by atoms with Crippen LogP contribution in [0.3, 0.4) is 0 Å². The molecule has 0 fully saturated rings. The number of rotatable bonds is 5. The molecule has 1 N–H and O–H groups in total. The molecule has 0 aliphatic carbocycles. The summed E-state index contributed by atoms with van der Waals surface area (Å²) < 4.78 is 5.42. The van der Waals surface area contributed by atoms with Crippen molar-refractivity contribution in [2.45, 2.75) is 26.4 Å². The molecule has 0 aromatic heterocycles. The standard InChI is InChI=1S/C20H19ClN2O4/c1-12(20(26)22-10-14-3-6-16(21)7-4-14)23-17-9-15(13(2)24)5-8-18(17)27-11-19(23)25/h3-9,12H,10-11H2,1-2H3,(H,22,26). The third kappa shape index (κ3) is 4.11. The number of Topliss-reactive ketones (excluding diaryl/α,β-unsaturated/α-hetero) is 1. The van der Waals surface area contributed by atoms with E-state index in [9.17, 15) is 14.4 Å². The molecule has 3 rings (SSSR count). The fraction of sp³-hybridized carbons (Fsp3) is 0.250. The molecule has 2 aromatic rings. The number of halogens is 1. The summed E-state index contributed by atoms with van der Waals surface area (Å²) in [4.78, 5) is 38.1. The number of carbonyl (C=O) groups excluding carboxylic acids is 3. The Morgan fingerprint density at radius 1 is 1.22 bits per heavy atom. The minimum absolute atomic E-state index is 0.129. The molecule has 0 spiro atoms. The van der Waals surface area contributed by atoms with Crippen molar-refractivity contribution in [1.29, 1.82) is 0 Å². The highest BCUT2D eigenvalue weighted by Gasteiger charge is 2.33. The Bertz CT molecular complexity index is 895. The molecule has 1 unspecified atom stereocenters. The molecule has 1 aliphatic rings. The first-order chi connectivity index (χ1) is 12.9. The summed E-state index contributed by atoms with van der Waals surface area (Å²) in [5.74, 6) is -0.302. The number of ether oxygens (including phenoxy) is 1. The molecule has 6 nitrogen and oxygen atoms in total. The first-order valence-corrected chi connectivity index (χ1v) is 8.86. The van der Waals surface area contributed by atoms with Crippen LogP contribution in [-0.4, -0.2) is 30.2 Å². The molecule has 140 valence electrons. The zero-order valence-corrected chi connectivity index (χ0v) is 15.7. The molecule has 2 aromatic carbocycles. The number of nitrogens with one attached hydrogen (secondary N) is 1. The van der Waals surface area contributed by atoms with E-state index in [1.165, 1.54) is 11.8 Å². The van der Waals surface area contributed by atoms with E-state index < -0.39 is 6.04 Å². The zero-order chi connectivity index (χ0) is 19.6. The normalized spacial score (nSPS) is 14.2. The second kappa shape index (κ2) is 7.80. The number of anilines is 1. The SMILES string of the molecule is CC(=O)c1ccc2c(c1)N(C(C)C(=O)NCc1ccc(Cl)cc1)C(=O)CO2. The van der Waals surface area contributed by atoms with Crippen molar-refractivity contribution in [3.05, 3.63) is 58.6 Å². The Kier molecular flexibility index (Phi) is 5.46. The molecule has 1 heterocycles. The van der Waals surface area contributed by atoms with Gasteiger partial charge in [-0.25, -0.2) is 0 Å². The number of amides is 2. The summed E-state index contributed by atoms with van der Waals surface area (Å²) in [6.07, 6.45) is 0. The highest BCUT2D eigenvalue weighted by Crippen LogP contribution is 2.34. The highest BCUT2D eigenvalue weighted by atomic mass is 35.5. The third-order valence-electron chi connectivity index (χ3n) is 4.39. The van der Waals surface area contributed by atoms with Crippen LogP contribution in [0, 0.1) is 0 Å². The van der Waals surface area contributed by atoms with Crippen molar-refractivity contribution < 1.29 is 19.1 Å². The molecule has 1 atom stereocenters.